The van der Waals surface area contributed by atoms with E-state index in [1.807, 2.05) is 19.9 Å². The molecule has 0 aromatic heterocycles. The number of amides is 1. The van der Waals surface area contributed by atoms with Crippen molar-refractivity contribution in [3.8, 4) is 11.8 Å². The minimum Gasteiger partial charge on any atom is -0.506 e. The van der Waals surface area contributed by atoms with Gasteiger partial charge in [-0.3, -0.25) is 9.69 Å². The lowest BCUT2D eigenvalue weighted by atomic mass is 9.88. The number of nitriles is 1. The molecule has 2 atom stereocenters. The van der Waals surface area contributed by atoms with E-state index in [4.69, 9.17) is 5.26 Å². The van der Waals surface area contributed by atoms with Crippen molar-refractivity contribution in [3.63, 3.8) is 0 Å². The molecule has 0 bridgehead atoms. The van der Waals surface area contributed by atoms with Crippen molar-refractivity contribution in [1.29, 1.82) is 5.26 Å². The summed E-state index contributed by atoms with van der Waals surface area (Å²) in [6, 6.07) is 9.71. The summed E-state index contributed by atoms with van der Waals surface area (Å²) in [7, 11) is 0. The molecular formula is C23H26FN5O2. The average Bonchev–Trinajstić information content (AvgIpc) is 3.00. The van der Waals surface area contributed by atoms with Crippen molar-refractivity contribution in [2.24, 2.45) is 0 Å². The molecule has 2 heterocycles. The lowest BCUT2D eigenvalue weighted by molar-refractivity contribution is -0.127. The van der Waals surface area contributed by atoms with Gasteiger partial charge in [-0.15, -0.1) is 0 Å². The third kappa shape index (κ3) is 3.66. The minimum atomic E-state index is -0.977. The molecule has 1 fully saturated rings. The first-order chi connectivity index (χ1) is 14.9. The van der Waals surface area contributed by atoms with E-state index in [-0.39, 0.29) is 29.1 Å². The van der Waals surface area contributed by atoms with Gasteiger partial charge in [0.25, 0.3) is 0 Å². The third-order valence-electron chi connectivity index (χ3n) is 6.22. The van der Waals surface area contributed by atoms with Gasteiger partial charge in [-0.2, -0.15) is 5.26 Å². The predicted octanol–water partition coefficient (Wildman–Crippen LogP) is 3.58. The number of hydrogen-bond acceptors (Lipinski definition) is 6. The fourth-order valence-corrected chi connectivity index (χ4v) is 4.58. The number of aromatic hydroxyl groups is 1. The summed E-state index contributed by atoms with van der Waals surface area (Å²) < 4.78 is 14.4. The Labute approximate surface area is 180 Å². The number of nitrogens with zero attached hydrogens (tertiary/aromatic N) is 2. The van der Waals surface area contributed by atoms with E-state index >= 15 is 0 Å². The quantitative estimate of drug-likeness (QED) is 0.587. The second kappa shape index (κ2) is 8.08. The van der Waals surface area contributed by atoms with E-state index in [0.717, 1.165) is 12.8 Å². The zero-order chi connectivity index (χ0) is 22.2. The summed E-state index contributed by atoms with van der Waals surface area (Å²) in [4.78, 5) is 15.2. The Hall–Kier alpha value is -3.31. The number of likely N-dealkylation sites (tertiary alicyclic amines) is 1. The lowest BCUT2D eigenvalue weighted by Crippen LogP contribution is -2.55. The number of piperidine rings is 1. The standard InChI is InChI=1S/C23H26FN5O2/c1-3-26-19-10-15(24)9-18-21(19)28-22(31)23(18,2)29-8-4-5-17(13-29)27-16-7-6-14(12-25)20(30)11-16/h6-7,9-11,17,26-27,30H,3-5,8,13H2,1-2H3,(H,28,31)/t17-,23?/m1/s1. The smallest absolute Gasteiger partial charge is 0.249 e. The van der Waals surface area contributed by atoms with E-state index in [0.29, 0.717) is 42.3 Å². The highest BCUT2D eigenvalue weighted by atomic mass is 19.1. The fraction of sp³-hybridized carbons (Fsp3) is 0.391. The van der Waals surface area contributed by atoms with Gasteiger partial charge in [0.05, 0.1) is 16.9 Å². The summed E-state index contributed by atoms with van der Waals surface area (Å²) in [5.74, 6) is -0.608. The van der Waals surface area contributed by atoms with Gasteiger partial charge < -0.3 is 21.1 Å². The van der Waals surface area contributed by atoms with E-state index < -0.39 is 5.54 Å². The number of nitrogens with one attached hydrogen (secondary N) is 3. The zero-order valence-corrected chi connectivity index (χ0v) is 17.6. The van der Waals surface area contributed by atoms with Crippen LogP contribution in [0, 0.1) is 17.1 Å². The molecule has 0 aliphatic carbocycles. The summed E-state index contributed by atoms with van der Waals surface area (Å²) in [5.41, 5.74) is 1.84. The van der Waals surface area contributed by atoms with Crippen LogP contribution in [0.4, 0.5) is 21.5 Å². The van der Waals surface area contributed by atoms with Gasteiger partial charge in [0.2, 0.25) is 5.91 Å². The lowest BCUT2D eigenvalue weighted by Gasteiger charge is -2.42. The van der Waals surface area contributed by atoms with Crippen LogP contribution in [-0.2, 0) is 10.3 Å². The first-order valence-corrected chi connectivity index (χ1v) is 10.5. The molecule has 8 heteroatoms. The predicted molar refractivity (Wildman–Crippen MR) is 118 cm³/mol. The van der Waals surface area contributed by atoms with Crippen molar-refractivity contribution in [3.05, 3.63) is 47.3 Å². The number of rotatable bonds is 5. The summed E-state index contributed by atoms with van der Waals surface area (Å²) in [6.07, 6.45) is 1.77. The van der Waals surface area contributed by atoms with Crippen molar-refractivity contribution in [2.75, 3.05) is 35.6 Å². The summed E-state index contributed by atoms with van der Waals surface area (Å²) >= 11 is 0. The Bertz CT molecular complexity index is 1070. The van der Waals surface area contributed by atoms with Crippen LogP contribution in [0.3, 0.4) is 0 Å². The van der Waals surface area contributed by atoms with Gasteiger partial charge >= 0.3 is 0 Å². The Balaban J connectivity index is 1.59. The highest BCUT2D eigenvalue weighted by Crippen LogP contribution is 2.45. The van der Waals surface area contributed by atoms with E-state index in [2.05, 4.69) is 20.9 Å². The van der Waals surface area contributed by atoms with Gasteiger partial charge in [0.1, 0.15) is 23.2 Å². The number of phenolic OH excluding ortho intramolecular Hbond substituents is 1. The molecule has 1 saturated heterocycles. The number of carbonyl (C=O) groups is 1. The van der Waals surface area contributed by atoms with Crippen LogP contribution < -0.4 is 16.0 Å². The summed E-state index contributed by atoms with van der Waals surface area (Å²) in [5, 5.41) is 28.4. The first kappa shape index (κ1) is 20.9. The number of anilines is 3. The molecule has 162 valence electrons. The third-order valence-corrected chi connectivity index (χ3v) is 6.22. The number of halogens is 1. The zero-order valence-electron chi connectivity index (χ0n) is 17.6. The number of phenols is 1. The number of hydrogen-bond donors (Lipinski definition) is 4. The van der Waals surface area contributed by atoms with Crippen LogP contribution in [0.25, 0.3) is 0 Å². The molecule has 7 nitrogen and oxygen atoms in total. The van der Waals surface area contributed by atoms with Crippen LogP contribution in [0.5, 0.6) is 5.75 Å². The molecule has 4 rings (SSSR count). The van der Waals surface area contributed by atoms with Crippen LogP contribution >= 0.6 is 0 Å². The molecule has 0 saturated carbocycles. The molecule has 2 aromatic carbocycles. The SMILES string of the molecule is CCNc1cc(F)cc2c1NC(=O)C2(C)N1CCC[C@@H](Nc2ccc(C#N)c(O)c2)C1. The normalized spacial score (nSPS) is 23.0. The van der Waals surface area contributed by atoms with Gasteiger partial charge in [-0.25, -0.2) is 4.39 Å². The topological polar surface area (TPSA) is 100 Å². The number of benzene rings is 2. The fourth-order valence-electron chi connectivity index (χ4n) is 4.58. The van der Waals surface area contributed by atoms with Gasteiger partial charge in [0, 0.05) is 36.4 Å². The van der Waals surface area contributed by atoms with Crippen molar-refractivity contribution in [2.45, 2.75) is 38.3 Å². The van der Waals surface area contributed by atoms with Crippen LogP contribution in [0.1, 0.15) is 37.8 Å². The van der Waals surface area contributed by atoms with Crippen LogP contribution in [-0.4, -0.2) is 41.6 Å². The second-order valence-corrected chi connectivity index (χ2v) is 8.21. The van der Waals surface area contributed by atoms with Crippen molar-refractivity contribution in [1.82, 2.24) is 4.90 Å². The molecule has 31 heavy (non-hydrogen) atoms. The van der Waals surface area contributed by atoms with E-state index in [9.17, 15) is 14.3 Å². The Morgan fingerprint density at radius 2 is 2.19 bits per heavy atom. The molecular weight excluding hydrogens is 397 g/mol. The molecule has 0 spiro atoms. The monoisotopic (exact) mass is 423 g/mol. The molecule has 2 aliphatic rings. The van der Waals surface area contributed by atoms with Crippen molar-refractivity contribution >= 4 is 23.0 Å². The Kier molecular flexibility index (Phi) is 5.46. The first-order valence-electron chi connectivity index (χ1n) is 10.5. The molecule has 4 N–H and O–H groups in total. The molecule has 1 amide bonds. The maximum Gasteiger partial charge on any atom is 0.249 e. The number of fused-ring (bicyclic) bond motifs is 1. The van der Waals surface area contributed by atoms with Crippen LogP contribution in [0.15, 0.2) is 30.3 Å². The molecule has 2 aliphatic heterocycles. The molecule has 2 aromatic rings. The van der Waals surface area contributed by atoms with Gasteiger partial charge in [0.15, 0.2) is 0 Å². The van der Waals surface area contributed by atoms with Gasteiger partial charge in [-0.05, 0) is 57.5 Å². The van der Waals surface area contributed by atoms with E-state index in [1.54, 1.807) is 12.1 Å². The second-order valence-electron chi connectivity index (χ2n) is 8.21. The van der Waals surface area contributed by atoms with Crippen LogP contribution in [0.2, 0.25) is 0 Å². The maximum atomic E-state index is 14.4. The largest absolute Gasteiger partial charge is 0.506 e. The average molecular weight is 423 g/mol. The molecule has 1 unspecified atom stereocenters. The van der Waals surface area contributed by atoms with E-state index in [1.165, 1.54) is 18.2 Å². The maximum absolute atomic E-state index is 14.4. The molecule has 0 radical (unpaired) electrons. The number of carbonyl (C=O) groups excluding carboxylic acids is 1. The highest BCUT2D eigenvalue weighted by molar-refractivity contribution is 6.08. The summed E-state index contributed by atoms with van der Waals surface area (Å²) in [6.45, 7) is 5.69. The van der Waals surface area contributed by atoms with Gasteiger partial charge in [-0.1, -0.05) is 0 Å². The highest BCUT2D eigenvalue weighted by Gasteiger charge is 2.49. The Morgan fingerprint density at radius 1 is 1.39 bits per heavy atom. The minimum absolute atomic E-state index is 0.0385. The van der Waals surface area contributed by atoms with Crippen molar-refractivity contribution < 1.29 is 14.3 Å². The Morgan fingerprint density at radius 3 is 2.90 bits per heavy atom.